The molecule has 0 radical (unpaired) electrons. The van der Waals surface area contributed by atoms with E-state index in [0.717, 1.165) is 11.1 Å². The van der Waals surface area contributed by atoms with E-state index in [9.17, 15) is 13.2 Å². The lowest BCUT2D eigenvalue weighted by atomic mass is 9.92. The summed E-state index contributed by atoms with van der Waals surface area (Å²) in [6.07, 6.45) is 2.55. The summed E-state index contributed by atoms with van der Waals surface area (Å²) in [5, 5.41) is 5.96. The number of benzene rings is 3. The molecule has 0 aliphatic rings. The van der Waals surface area contributed by atoms with E-state index in [1.54, 1.807) is 50.2 Å². The number of amides is 1. The van der Waals surface area contributed by atoms with Gasteiger partial charge in [0.25, 0.3) is 10.1 Å². The maximum Gasteiger partial charge on any atom is 0.408 e. The molecule has 0 bridgehead atoms. The Morgan fingerprint density at radius 1 is 1.09 bits per heavy atom. The van der Waals surface area contributed by atoms with Crippen LogP contribution in [0.25, 0.3) is 11.3 Å². The van der Waals surface area contributed by atoms with Crippen LogP contribution in [0.4, 0.5) is 20.8 Å². The highest BCUT2D eigenvalue weighted by molar-refractivity contribution is 7.86. The second-order valence-corrected chi connectivity index (χ2v) is 12.4. The van der Waals surface area contributed by atoms with Gasteiger partial charge in [0.1, 0.15) is 12.4 Å². The highest BCUT2D eigenvalue weighted by Gasteiger charge is 2.27. The van der Waals surface area contributed by atoms with Gasteiger partial charge in [-0.1, -0.05) is 66.2 Å². The molecule has 44 heavy (non-hydrogen) atoms. The van der Waals surface area contributed by atoms with Gasteiger partial charge in [0.2, 0.25) is 5.95 Å². The normalized spacial score (nSPS) is 11.6. The molecule has 1 amide bonds. The number of nitrogens with zero attached hydrogens (tertiary/aromatic N) is 2. The van der Waals surface area contributed by atoms with Crippen LogP contribution >= 0.6 is 11.6 Å². The Morgan fingerprint density at radius 2 is 1.80 bits per heavy atom. The molecule has 9 nitrogen and oxygen atoms in total. The van der Waals surface area contributed by atoms with Crippen LogP contribution in [-0.2, 0) is 31.0 Å². The Kier molecular flexibility index (Phi) is 10.4. The highest BCUT2D eigenvalue weighted by atomic mass is 35.5. The van der Waals surface area contributed by atoms with Crippen molar-refractivity contribution >= 4 is 39.4 Å². The van der Waals surface area contributed by atoms with Crippen molar-refractivity contribution in [2.24, 2.45) is 0 Å². The molecule has 0 atom stereocenters. The van der Waals surface area contributed by atoms with Crippen LogP contribution in [-0.4, -0.2) is 37.7 Å². The number of alkyl carbamates (subject to hydrolysis) is 1. The first-order valence-corrected chi connectivity index (χ1v) is 15.4. The molecule has 1 aromatic heterocycles. The van der Waals surface area contributed by atoms with Gasteiger partial charge in [0, 0.05) is 16.8 Å². The van der Waals surface area contributed by atoms with Crippen molar-refractivity contribution in [1.29, 1.82) is 0 Å². The molecule has 4 rings (SSSR count). The van der Waals surface area contributed by atoms with Crippen molar-refractivity contribution in [1.82, 2.24) is 15.3 Å². The maximum atomic E-state index is 15.3. The van der Waals surface area contributed by atoms with E-state index in [2.05, 4.69) is 27.2 Å². The van der Waals surface area contributed by atoms with Gasteiger partial charge in [-0.15, -0.1) is 0 Å². The Morgan fingerprint density at radius 3 is 2.45 bits per heavy atom. The summed E-state index contributed by atoms with van der Waals surface area (Å²) in [5.74, 6) is -0.326. The molecule has 0 aliphatic carbocycles. The van der Waals surface area contributed by atoms with Crippen LogP contribution in [0.1, 0.15) is 30.5 Å². The largest absolute Gasteiger partial charge is 0.445 e. The minimum absolute atomic E-state index is 0.00533. The standard InChI is InChI=1S/C32H32ClFN4O5S/c1-5-17-42-31(39)38-32(3,4)26-15-10-23(19-28(26)34)29-27(33)20-35-30(37-29)36-24-11-8-22(9-12-24)16-18-43-44(40,41)25-13-6-21(2)7-14-25/h5-15,19-20H,1,16-18H2,2-4H3,(H,38,39)(H,35,36,37). The number of anilines is 2. The van der Waals surface area contributed by atoms with Gasteiger partial charge in [0.15, 0.2) is 0 Å². The molecule has 0 saturated carbocycles. The summed E-state index contributed by atoms with van der Waals surface area (Å²) < 4.78 is 50.2. The van der Waals surface area contributed by atoms with Crippen LogP contribution in [0.15, 0.2) is 90.5 Å². The third-order valence-corrected chi connectivity index (χ3v) is 8.16. The van der Waals surface area contributed by atoms with E-state index in [1.165, 1.54) is 30.5 Å². The Labute approximate surface area is 261 Å². The van der Waals surface area contributed by atoms with Crippen LogP contribution in [0.3, 0.4) is 0 Å². The molecular weight excluding hydrogens is 607 g/mol. The van der Waals surface area contributed by atoms with Gasteiger partial charge in [-0.3, -0.25) is 4.18 Å². The first-order chi connectivity index (χ1) is 20.9. The summed E-state index contributed by atoms with van der Waals surface area (Å²) >= 11 is 6.37. The topological polar surface area (TPSA) is 120 Å². The van der Waals surface area contributed by atoms with Crippen LogP contribution in [0, 0.1) is 12.7 Å². The Balaban J connectivity index is 1.40. The number of carbonyl (C=O) groups excluding carboxylic acids is 1. The van der Waals surface area contributed by atoms with E-state index in [1.807, 2.05) is 19.1 Å². The van der Waals surface area contributed by atoms with Crippen molar-refractivity contribution in [3.8, 4) is 11.3 Å². The molecule has 0 fully saturated rings. The number of carbonyl (C=O) groups is 1. The predicted octanol–water partition coefficient (Wildman–Crippen LogP) is 7.08. The molecule has 1 heterocycles. The second-order valence-electron chi connectivity index (χ2n) is 10.4. The SMILES string of the molecule is C=CCOC(=O)NC(C)(C)c1ccc(-c2nc(Nc3ccc(CCOS(=O)(=O)c4ccc(C)cc4)cc3)ncc2Cl)cc1F. The Bertz CT molecular complexity index is 1750. The molecule has 0 spiro atoms. The fourth-order valence-corrected chi connectivity index (χ4v) is 5.33. The van der Waals surface area contributed by atoms with Gasteiger partial charge < -0.3 is 15.4 Å². The summed E-state index contributed by atoms with van der Waals surface area (Å²) in [5.41, 5.74) is 2.42. The van der Waals surface area contributed by atoms with E-state index in [4.69, 9.17) is 20.5 Å². The third kappa shape index (κ3) is 8.40. The van der Waals surface area contributed by atoms with Crippen LogP contribution in [0.5, 0.6) is 0 Å². The molecule has 0 aliphatic heterocycles. The van der Waals surface area contributed by atoms with Crippen molar-refractivity contribution < 1.29 is 26.5 Å². The quantitative estimate of drug-likeness (QED) is 0.125. The number of halogens is 2. The van der Waals surface area contributed by atoms with E-state index >= 15 is 4.39 Å². The van der Waals surface area contributed by atoms with Crippen molar-refractivity contribution in [2.45, 2.75) is 37.6 Å². The van der Waals surface area contributed by atoms with E-state index in [0.29, 0.717) is 23.4 Å². The maximum absolute atomic E-state index is 15.3. The first-order valence-electron chi connectivity index (χ1n) is 13.6. The summed E-state index contributed by atoms with van der Waals surface area (Å²) in [6.45, 7) is 8.72. The molecular formula is C32H32ClFN4O5S. The van der Waals surface area contributed by atoms with E-state index in [-0.39, 0.29) is 34.6 Å². The minimum Gasteiger partial charge on any atom is -0.445 e. The molecule has 3 aromatic carbocycles. The molecule has 4 aromatic rings. The number of ether oxygens (including phenoxy) is 1. The van der Waals surface area contributed by atoms with Gasteiger partial charge in [-0.05, 0) is 63.1 Å². The lowest BCUT2D eigenvalue weighted by Gasteiger charge is -2.27. The molecule has 230 valence electrons. The number of hydrogen-bond acceptors (Lipinski definition) is 8. The first kappa shape index (κ1) is 32.6. The van der Waals surface area contributed by atoms with E-state index < -0.39 is 27.6 Å². The average molecular weight is 639 g/mol. The summed E-state index contributed by atoms with van der Waals surface area (Å²) in [7, 11) is -3.84. The fourth-order valence-electron chi connectivity index (χ4n) is 4.22. The third-order valence-electron chi connectivity index (χ3n) is 6.56. The monoisotopic (exact) mass is 638 g/mol. The zero-order chi connectivity index (χ0) is 31.9. The zero-order valence-corrected chi connectivity index (χ0v) is 26.0. The van der Waals surface area contributed by atoms with Gasteiger partial charge in [0.05, 0.1) is 34.0 Å². The molecule has 2 N–H and O–H groups in total. The average Bonchev–Trinajstić information content (AvgIpc) is 2.97. The van der Waals surface area contributed by atoms with Crippen molar-refractivity contribution in [3.05, 3.63) is 113 Å². The van der Waals surface area contributed by atoms with Gasteiger partial charge in [-0.25, -0.2) is 19.2 Å². The van der Waals surface area contributed by atoms with Crippen LogP contribution < -0.4 is 10.6 Å². The molecule has 0 unspecified atom stereocenters. The number of nitrogens with one attached hydrogen (secondary N) is 2. The predicted molar refractivity (Wildman–Crippen MR) is 168 cm³/mol. The number of rotatable bonds is 12. The summed E-state index contributed by atoms with van der Waals surface area (Å²) in [4.78, 5) is 20.8. The number of hydrogen-bond donors (Lipinski definition) is 2. The second kappa shape index (κ2) is 14.0. The lowest BCUT2D eigenvalue weighted by molar-refractivity contribution is 0.147. The summed E-state index contributed by atoms with van der Waals surface area (Å²) in [6, 6.07) is 18.2. The zero-order valence-electron chi connectivity index (χ0n) is 24.4. The van der Waals surface area contributed by atoms with Gasteiger partial charge in [-0.2, -0.15) is 8.42 Å². The molecule has 0 saturated heterocycles. The smallest absolute Gasteiger partial charge is 0.408 e. The highest BCUT2D eigenvalue weighted by Crippen LogP contribution is 2.31. The lowest BCUT2D eigenvalue weighted by Crippen LogP contribution is -2.42. The van der Waals surface area contributed by atoms with Gasteiger partial charge >= 0.3 is 6.09 Å². The number of aromatic nitrogens is 2. The van der Waals surface area contributed by atoms with Crippen molar-refractivity contribution in [2.75, 3.05) is 18.5 Å². The Hall–Kier alpha value is -4.32. The molecule has 12 heteroatoms. The van der Waals surface area contributed by atoms with Crippen LogP contribution in [0.2, 0.25) is 5.02 Å². The number of aryl methyl sites for hydroxylation is 1. The fraction of sp³-hybridized carbons (Fsp3) is 0.219. The van der Waals surface area contributed by atoms with Crippen molar-refractivity contribution in [3.63, 3.8) is 0 Å². The minimum atomic E-state index is -3.84.